The summed E-state index contributed by atoms with van der Waals surface area (Å²) in [6, 6.07) is 1.96. The number of ether oxygens (including phenoxy) is 1. The molecule has 0 aromatic carbocycles. The van der Waals surface area contributed by atoms with Crippen LogP contribution in [0.3, 0.4) is 0 Å². The number of fused-ring (bicyclic) bond motifs is 1. The van der Waals surface area contributed by atoms with E-state index in [4.69, 9.17) is 37.0 Å². The molecular formula is C36H84N2O8Si2. The first kappa shape index (κ1) is 52.4. The fourth-order valence-electron chi connectivity index (χ4n) is 6.26. The molecule has 0 spiro atoms. The van der Waals surface area contributed by atoms with E-state index in [2.05, 4.69) is 5.32 Å². The molecule has 12 heteroatoms. The first-order valence-corrected chi connectivity index (χ1v) is 23.3. The van der Waals surface area contributed by atoms with Gasteiger partial charge in [-0.25, -0.2) is 0 Å². The number of unbranched alkanes of at least 4 members (excludes halogenated alkanes) is 3. The molecule has 3 rings (SSSR count). The summed E-state index contributed by atoms with van der Waals surface area (Å²) in [5.41, 5.74) is 5.51. The molecular weight excluding hydrogens is 645 g/mol. The molecule has 6 atom stereocenters. The standard InChI is InChI=1S/C17H38N2O4Si.C11H22O4Si.4C2H6/c1-21-24(22-2,23-3)13-10-15-8-9-17(20)16(14-15)19-12-7-5-4-6-11-18;1-12-16(13-2,14-3)7-6-9-4-5-10-11(8-9)15-10;4*1-2/h15-17,19-20H,4-14,18H2,1-3H3;9-11H,4-8H2,1-3H3;4*1-2H3. The molecule has 0 amide bonds. The largest absolute Gasteiger partial charge is 0.500 e. The summed E-state index contributed by atoms with van der Waals surface area (Å²) >= 11 is 0. The van der Waals surface area contributed by atoms with Gasteiger partial charge in [-0.2, -0.15) is 0 Å². The number of aliphatic hydroxyl groups is 1. The van der Waals surface area contributed by atoms with E-state index in [1.54, 1.807) is 42.7 Å². The SMILES string of the molecule is CC.CC.CC.CC.CO[Si](CCC1CCC(O)C(NCCCCCCN)C1)(OC)OC.CO[Si](CCC1CCC2OC2C1)(OC)OC. The number of hydrogen-bond acceptors (Lipinski definition) is 10. The van der Waals surface area contributed by atoms with E-state index in [1.807, 2.05) is 55.4 Å². The minimum atomic E-state index is -2.48. The van der Waals surface area contributed by atoms with Crippen molar-refractivity contribution in [2.45, 2.75) is 169 Å². The zero-order valence-electron chi connectivity index (χ0n) is 34.2. The highest BCUT2D eigenvalue weighted by Crippen LogP contribution is 2.41. The molecule has 6 unspecified atom stereocenters. The molecule has 1 aliphatic heterocycles. The summed E-state index contributed by atoms with van der Waals surface area (Å²) in [6.07, 6.45) is 14.4. The van der Waals surface area contributed by atoms with Crippen LogP contribution in [0.15, 0.2) is 0 Å². The summed E-state index contributed by atoms with van der Waals surface area (Å²) in [7, 11) is 5.21. The fraction of sp³-hybridized carbons (Fsp3) is 1.00. The van der Waals surface area contributed by atoms with E-state index < -0.39 is 17.6 Å². The van der Waals surface area contributed by atoms with Crippen LogP contribution in [0.2, 0.25) is 12.1 Å². The van der Waals surface area contributed by atoms with Gasteiger partial charge in [0, 0.05) is 60.8 Å². The van der Waals surface area contributed by atoms with Crippen LogP contribution < -0.4 is 11.1 Å². The second-order valence-corrected chi connectivity index (χ2v) is 17.8. The lowest BCUT2D eigenvalue weighted by molar-refractivity contribution is 0.0662. The maximum Gasteiger partial charge on any atom is 0.500 e. The Morgan fingerprint density at radius 3 is 1.48 bits per heavy atom. The van der Waals surface area contributed by atoms with Crippen molar-refractivity contribution in [3.63, 3.8) is 0 Å². The third-order valence-electron chi connectivity index (χ3n) is 9.16. The van der Waals surface area contributed by atoms with E-state index in [1.165, 1.54) is 32.1 Å². The summed E-state index contributed by atoms with van der Waals surface area (Å²) in [5.74, 6) is 1.35. The average molecular weight is 729 g/mol. The highest BCUT2D eigenvalue weighted by atomic mass is 28.4. The predicted octanol–water partition coefficient (Wildman–Crippen LogP) is 7.82. The Morgan fingerprint density at radius 2 is 1.04 bits per heavy atom. The van der Waals surface area contributed by atoms with Crippen LogP contribution in [-0.2, 0) is 31.3 Å². The Hall–Kier alpha value is 0.0338. The van der Waals surface area contributed by atoms with Gasteiger partial charge in [-0.05, 0) is 89.1 Å². The molecule has 2 saturated carbocycles. The van der Waals surface area contributed by atoms with Crippen molar-refractivity contribution in [2.24, 2.45) is 17.6 Å². The van der Waals surface area contributed by atoms with Gasteiger partial charge in [-0.1, -0.05) is 68.2 Å². The summed E-state index contributed by atoms with van der Waals surface area (Å²) in [6.45, 7) is 17.8. The zero-order valence-corrected chi connectivity index (χ0v) is 36.2. The highest BCUT2D eigenvalue weighted by molar-refractivity contribution is 6.60. The van der Waals surface area contributed by atoms with E-state index in [9.17, 15) is 5.11 Å². The number of nitrogens with one attached hydrogen (secondary N) is 1. The maximum absolute atomic E-state index is 10.2. The van der Waals surface area contributed by atoms with Crippen LogP contribution in [0.4, 0.5) is 0 Å². The third-order valence-corrected chi connectivity index (χ3v) is 14.7. The molecule has 3 aliphatic rings. The van der Waals surface area contributed by atoms with E-state index >= 15 is 0 Å². The summed E-state index contributed by atoms with van der Waals surface area (Å²) in [4.78, 5) is 0. The van der Waals surface area contributed by atoms with Gasteiger partial charge in [0.1, 0.15) is 0 Å². The van der Waals surface area contributed by atoms with Crippen LogP contribution in [0.5, 0.6) is 0 Å². The molecule has 0 bridgehead atoms. The number of aliphatic hydroxyl groups excluding tert-OH is 1. The molecule has 10 nitrogen and oxygen atoms in total. The van der Waals surface area contributed by atoms with E-state index in [0.717, 1.165) is 76.0 Å². The van der Waals surface area contributed by atoms with Gasteiger partial charge >= 0.3 is 17.6 Å². The Labute approximate surface area is 301 Å². The second-order valence-electron chi connectivity index (χ2n) is 11.6. The Kier molecular flexibility index (Phi) is 37.3. The molecule has 3 fully saturated rings. The van der Waals surface area contributed by atoms with Crippen molar-refractivity contribution in [1.29, 1.82) is 0 Å². The van der Waals surface area contributed by atoms with Crippen LogP contribution >= 0.6 is 0 Å². The average Bonchev–Trinajstić information content (AvgIpc) is 3.95. The molecule has 2 aliphatic carbocycles. The third kappa shape index (κ3) is 21.4. The van der Waals surface area contributed by atoms with Gasteiger partial charge in [-0.3, -0.25) is 0 Å². The fourth-order valence-corrected chi connectivity index (χ4v) is 10.0. The van der Waals surface area contributed by atoms with Gasteiger partial charge in [0.15, 0.2) is 0 Å². The topological polar surface area (TPSA) is 126 Å². The van der Waals surface area contributed by atoms with Gasteiger partial charge in [0.05, 0.1) is 18.3 Å². The number of nitrogens with two attached hydrogens (primary N) is 1. The molecule has 1 heterocycles. The Morgan fingerprint density at radius 1 is 0.604 bits per heavy atom. The molecule has 1 saturated heterocycles. The Bertz CT molecular complexity index is 647. The number of hydrogen-bond donors (Lipinski definition) is 3. The molecule has 48 heavy (non-hydrogen) atoms. The first-order valence-electron chi connectivity index (χ1n) is 19.4. The first-order chi connectivity index (χ1) is 23.3. The molecule has 294 valence electrons. The lowest BCUT2D eigenvalue weighted by Gasteiger charge is -2.35. The van der Waals surface area contributed by atoms with Crippen molar-refractivity contribution in [3.8, 4) is 0 Å². The number of rotatable bonds is 19. The van der Waals surface area contributed by atoms with E-state index in [0.29, 0.717) is 18.1 Å². The van der Waals surface area contributed by atoms with Crippen LogP contribution in [0.1, 0.15) is 132 Å². The van der Waals surface area contributed by atoms with Crippen LogP contribution in [0.25, 0.3) is 0 Å². The van der Waals surface area contributed by atoms with Crippen molar-refractivity contribution in [3.05, 3.63) is 0 Å². The van der Waals surface area contributed by atoms with Crippen molar-refractivity contribution in [1.82, 2.24) is 5.32 Å². The van der Waals surface area contributed by atoms with Crippen LogP contribution in [0, 0.1) is 11.8 Å². The van der Waals surface area contributed by atoms with Gasteiger partial charge < -0.3 is 47.4 Å². The van der Waals surface area contributed by atoms with Crippen molar-refractivity contribution >= 4 is 17.6 Å². The predicted molar refractivity (Wildman–Crippen MR) is 206 cm³/mol. The van der Waals surface area contributed by atoms with Gasteiger partial charge in [0.25, 0.3) is 0 Å². The van der Waals surface area contributed by atoms with Crippen LogP contribution in [-0.4, -0.2) is 103 Å². The quantitative estimate of drug-likeness (QED) is 0.0689. The molecule has 4 N–H and O–H groups in total. The monoisotopic (exact) mass is 729 g/mol. The van der Waals surface area contributed by atoms with Gasteiger partial charge in [-0.15, -0.1) is 0 Å². The molecule has 0 radical (unpaired) electrons. The van der Waals surface area contributed by atoms with Gasteiger partial charge in [0.2, 0.25) is 0 Å². The Balaban J connectivity index is -0.000000728. The smallest absolute Gasteiger partial charge is 0.392 e. The zero-order chi connectivity index (χ0) is 37.4. The molecule has 0 aromatic heterocycles. The summed E-state index contributed by atoms with van der Waals surface area (Å²) < 4.78 is 38.3. The lowest BCUT2D eigenvalue weighted by atomic mass is 9.82. The van der Waals surface area contributed by atoms with Crippen molar-refractivity contribution < 1.29 is 36.4 Å². The number of epoxide rings is 1. The lowest BCUT2D eigenvalue weighted by Crippen LogP contribution is -2.46. The second kappa shape index (κ2) is 34.1. The normalized spacial score (nSPS) is 24.2. The maximum atomic E-state index is 10.2. The summed E-state index contributed by atoms with van der Waals surface area (Å²) in [5, 5.41) is 13.8. The van der Waals surface area contributed by atoms with E-state index in [-0.39, 0.29) is 12.1 Å². The molecule has 0 aromatic rings. The van der Waals surface area contributed by atoms with Crippen molar-refractivity contribution in [2.75, 3.05) is 55.7 Å². The minimum absolute atomic E-state index is 0.210. The minimum Gasteiger partial charge on any atom is -0.392 e. The highest BCUT2D eigenvalue weighted by Gasteiger charge is 2.45.